The van der Waals surface area contributed by atoms with Crippen molar-refractivity contribution in [3.8, 4) is 28.3 Å². The van der Waals surface area contributed by atoms with E-state index in [1.807, 2.05) is 0 Å². The molecule has 2 aromatic carbocycles. The molecule has 0 atom stereocenters. The van der Waals surface area contributed by atoms with Crippen LogP contribution >= 0.6 is 0 Å². The lowest BCUT2D eigenvalue weighted by Crippen LogP contribution is -2.26. The summed E-state index contributed by atoms with van der Waals surface area (Å²) in [6, 6.07) is 12.1. The SMILES string of the molecule is Nc1ccc(-c2nc(-c3cccc(OC4CCOCC4)c3F)cnc2N)cc1. The molecule has 6 nitrogen and oxygen atoms in total. The molecule has 1 fully saturated rings. The second-order valence-corrected chi connectivity index (χ2v) is 6.66. The maximum Gasteiger partial charge on any atom is 0.174 e. The Hall–Kier alpha value is -3.19. The molecule has 1 aliphatic rings. The van der Waals surface area contributed by atoms with Gasteiger partial charge < -0.3 is 20.9 Å². The topological polar surface area (TPSA) is 96.3 Å². The fourth-order valence-electron chi connectivity index (χ4n) is 3.15. The van der Waals surface area contributed by atoms with Gasteiger partial charge in [-0.05, 0) is 24.3 Å². The number of nitrogens with zero attached hydrogens (tertiary/aromatic N) is 2. The van der Waals surface area contributed by atoms with Gasteiger partial charge >= 0.3 is 0 Å². The second-order valence-electron chi connectivity index (χ2n) is 6.66. The van der Waals surface area contributed by atoms with Crippen LogP contribution in [0.2, 0.25) is 0 Å². The van der Waals surface area contributed by atoms with E-state index in [1.165, 1.54) is 6.20 Å². The van der Waals surface area contributed by atoms with Gasteiger partial charge in [0.1, 0.15) is 17.6 Å². The number of hydrogen-bond donors (Lipinski definition) is 2. The van der Waals surface area contributed by atoms with Gasteiger partial charge in [-0.15, -0.1) is 0 Å². The van der Waals surface area contributed by atoms with Gasteiger partial charge in [-0.1, -0.05) is 18.2 Å². The number of nitrogen functional groups attached to an aromatic ring is 2. The smallest absolute Gasteiger partial charge is 0.174 e. The number of hydrogen-bond acceptors (Lipinski definition) is 6. The molecule has 0 aliphatic carbocycles. The summed E-state index contributed by atoms with van der Waals surface area (Å²) in [5.74, 6) is 0.0110. The zero-order valence-corrected chi connectivity index (χ0v) is 15.3. The van der Waals surface area contributed by atoms with Crippen molar-refractivity contribution in [2.24, 2.45) is 0 Å². The van der Waals surface area contributed by atoms with E-state index in [0.29, 0.717) is 35.9 Å². The third-order valence-electron chi connectivity index (χ3n) is 4.69. The number of benzene rings is 2. The number of ether oxygens (including phenoxy) is 2. The molecule has 2 heterocycles. The van der Waals surface area contributed by atoms with Crippen molar-refractivity contribution in [2.45, 2.75) is 18.9 Å². The number of anilines is 2. The predicted octanol–water partition coefficient (Wildman–Crippen LogP) is 3.67. The molecule has 0 radical (unpaired) electrons. The number of nitrogens with two attached hydrogens (primary N) is 2. The van der Waals surface area contributed by atoms with E-state index in [2.05, 4.69) is 9.97 Å². The average Bonchev–Trinajstić information content (AvgIpc) is 2.72. The minimum absolute atomic E-state index is 0.0543. The highest BCUT2D eigenvalue weighted by Crippen LogP contribution is 2.32. The Balaban J connectivity index is 1.68. The van der Waals surface area contributed by atoms with Crippen molar-refractivity contribution in [3.63, 3.8) is 0 Å². The molecule has 0 bridgehead atoms. The van der Waals surface area contributed by atoms with E-state index in [-0.39, 0.29) is 17.7 Å². The molecule has 1 aliphatic heterocycles. The lowest BCUT2D eigenvalue weighted by molar-refractivity contribution is 0.0241. The lowest BCUT2D eigenvalue weighted by Gasteiger charge is -2.23. The molecule has 1 saturated heterocycles. The van der Waals surface area contributed by atoms with Crippen molar-refractivity contribution in [1.29, 1.82) is 0 Å². The maximum absolute atomic E-state index is 15.1. The minimum Gasteiger partial charge on any atom is -0.487 e. The second kappa shape index (κ2) is 7.82. The standard InChI is InChI=1S/C21H21FN4O2/c22-19-16(2-1-3-18(19)28-15-8-10-27-11-9-15)17-12-25-21(24)20(26-17)13-4-6-14(23)7-5-13/h1-7,12,15H,8-11,23H2,(H2,24,25). The molecule has 4 N–H and O–H groups in total. The van der Waals surface area contributed by atoms with Crippen LogP contribution in [0, 0.1) is 5.82 Å². The molecule has 7 heteroatoms. The van der Waals surface area contributed by atoms with Crippen LogP contribution in [-0.2, 0) is 4.74 Å². The van der Waals surface area contributed by atoms with Gasteiger partial charge in [0.2, 0.25) is 0 Å². The van der Waals surface area contributed by atoms with Crippen molar-refractivity contribution < 1.29 is 13.9 Å². The first-order valence-corrected chi connectivity index (χ1v) is 9.13. The Morgan fingerprint density at radius 3 is 2.54 bits per heavy atom. The Kier molecular flexibility index (Phi) is 5.08. The Morgan fingerprint density at radius 2 is 1.79 bits per heavy atom. The fourth-order valence-corrected chi connectivity index (χ4v) is 3.15. The van der Waals surface area contributed by atoms with Crippen molar-refractivity contribution >= 4 is 11.5 Å². The molecule has 1 aromatic heterocycles. The van der Waals surface area contributed by atoms with Crippen LogP contribution in [0.1, 0.15) is 12.8 Å². The third kappa shape index (κ3) is 3.75. The van der Waals surface area contributed by atoms with Crippen molar-refractivity contribution in [3.05, 3.63) is 54.5 Å². The summed E-state index contributed by atoms with van der Waals surface area (Å²) in [5, 5.41) is 0. The van der Waals surface area contributed by atoms with Crippen LogP contribution in [0.3, 0.4) is 0 Å². The Bertz CT molecular complexity index is 973. The lowest BCUT2D eigenvalue weighted by atomic mass is 10.1. The van der Waals surface area contributed by atoms with E-state index < -0.39 is 5.82 Å². The van der Waals surface area contributed by atoms with Gasteiger partial charge in [-0.3, -0.25) is 0 Å². The van der Waals surface area contributed by atoms with Gasteiger partial charge in [0.15, 0.2) is 11.6 Å². The van der Waals surface area contributed by atoms with E-state index in [9.17, 15) is 0 Å². The zero-order valence-electron chi connectivity index (χ0n) is 15.3. The minimum atomic E-state index is -0.462. The van der Waals surface area contributed by atoms with E-state index >= 15 is 4.39 Å². The maximum atomic E-state index is 15.1. The molecule has 0 spiro atoms. The summed E-state index contributed by atoms with van der Waals surface area (Å²) in [6.07, 6.45) is 2.90. The molecule has 4 rings (SSSR count). The first-order valence-electron chi connectivity index (χ1n) is 9.13. The Morgan fingerprint density at radius 1 is 1.04 bits per heavy atom. The third-order valence-corrected chi connectivity index (χ3v) is 4.69. The summed E-state index contributed by atoms with van der Waals surface area (Å²) in [7, 11) is 0. The van der Waals surface area contributed by atoms with Crippen LogP contribution in [0.15, 0.2) is 48.7 Å². The van der Waals surface area contributed by atoms with Gasteiger partial charge in [0.25, 0.3) is 0 Å². The van der Waals surface area contributed by atoms with Crippen molar-refractivity contribution in [1.82, 2.24) is 9.97 Å². The molecular formula is C21H21FN4O2. The normalized spacial score (nSPS) is 14.8. The highest BCUT2D eigenvalue weighted by atomic mass is 19.1. The molecule has 0 unspecified atom stereocenters. The van der Waals surface area contributed by atoms with Crippen LogP contribution in [0.4, 0.5) is 15.9 Å². The Labute approximate surface area is 162 Å². The van der Waals surface area contributed by atoms with Gasteiger partial charge in [-0.2, -0.15) is 0 Å². The summed E-state index contributed by atoms with van der Waals surface area (Å²) in [4.78, 5) is 8.75. The molecule has 0 saturated carbocycles. The van der Waals surface area contributed by atoms with Gasteiger partial charge in [0, 0.05) is 29.7 Å². The quantitative estimate of drug-likeness (QED) is 0.671. The molecular weight excluding hydrogens is 359 g/mol. The first-order chi connectivity index (χ1) is 13.6. The average molecular weight is 380 g/mol. The van der Waals surface area contributed by atoms with Gasteiger partial charge in [0.05, 0.1) is 25.1 Å². The molecule has 0 amide bonds. The van der Waals surface area contributed by atoms with E-state index in [0.717, 1.165) is 18.4 Å². The fraction of sp³-hybridized carbons (Fsp3) is 0.238. The number of rotatable bonds is 4. The van der Waals surface area contributed by atoms with Crippen LogP contribution in [-0.4, -0.2) is 29.3 Å². The monoisotopic (exact) mass is 380 g/mol. The van der Waals surface area contributed by atoms with Crippen LogP contribution in [0.25, 0.3) is 22.5 Å². The van der Waals surface area contributed by atoms with E-state index in [4.69, 9.17) is 20.9 Å². The summed E-state index contributed by atoms with van der Waals surface area (Å²) in [6.45, 7) is 1.25. The van der Waals surface area contributed by atoms with Crippen molar-refractivity contribution in [2.75, 3.05) is 24.7 Å². The summed E-state index contributed by atoms with van der Waals surface area (Å²) >= 11 is 0. The highest BCUT2D eigenvalue weighted by molar-refractivity contribution is 5.74. The van der Waals surface area contributed by atoms with Crippen LogP contribution < -0.4 is 16.2 Å². The molecule has 3 aromatic rings. The number of aromatic nitrogens is 2. The largest absolute Gasteiger partial charge is 0.487 e. The van der Waals surface area contributed by atoms with Gasteiger partial charge in [-0.25, -0.2) is 14.4 Å². The first kappa shape index (κ1) is 18.2. The highest BCUT2D eigenvalue weighted by Gasteiger charge is 2.20. The molecule has 28 heavy (non-hydrogen) atoms. The van der Waals surface area contributed by atoms with Crippen LogP contribution in [0.5, 0.6) is 5.75 Å². The summed E-state index contributed by atoms with van der Waals surface area (Å²) < 4.78 is 26.3. The molecule has 144 valence electrons. The predicted molar refractivity (Wildman–Crippen MR) is 106 cm³/mol. The van der Waals surface area contributed by atoms with E-state index in [1.54, 1.807) is 42.5 Å². The summed E-state index contributed by atoms with van der Waals surface area (Å²) in [5.41, 5.74) is 14.3. The number of halogens is 1. The zero-order chi connectivity index (χ0) is 19.5.